The van der Waals surface area contributed by atoms with E-state index in [1.807, 2.05) is 84.9 Å². The highest BCUT2D eigenvalue weighted by molar-refractivity contribution is 6.13. The Kier molecular flexibility index (Phi) is 9.28. The van der Waals surface area contributed by atoms with E-state index in [0.717, 1.165) is 33.6 Å². The van der Waals surface area contributed by atoms with Crippen LogP contribution < -0.4 is 5.32 Å². The van der Waals surface area contributed by atoms with Gasteiger partial charge in [0.05, 0.1) is 5.41 Å². The van der Waals surface area contributed by atoms with Gasteiger partial charge in [0, 0.05) is 34.3 Å². The Balaban J connectivity index is 1.12. The Morgan fingerprint density at radius 3 is 1.68 bits per heavy atom. The Labute approximate surface area is 327 Å². The zero-order valence-electron chi connectivity index (χ0n) is 30.7. The maximum atomic E-state index is 8.98. The van der Waals surface area contributed by atoms with E-state index in [1.54, 1.807) is 6.21 Å². The molecule has 1 aliphatic rings. The average Bonchev–Trinajstić information content (AvgIpc) is 3.56. The summed E-state index contributed by atoms with van der Waals surface area (Å²) in [5, 5.41) is 12.8. The van der Waals surface area contributed by atoms with E-state index in [4.69, 9.17) is 15.4 Å². The predicted molar refractivity (Wildman–Crippen MR) is 233 cm³/mol. The van der Waals surface area contributed by atoms with Crippen molar-refractivity contribution in [2.45, 2.75) is 5.41 Å². The number of benzene rings is 8. The Morgan fingerprint density at radius 2 is 1.04 bits per heavy atom. The van der Waals surface area contributed by atoms with Crippen LogP contribution in [0.2, 0.25) is 0 Å². The average molecular weight is 719 g/mol. The first-order valence-electron chi connectivity index (χ1n) is 18.8. The fraction of sp³-hybridized carbons (Fsp3) is 0.0192. The highest BCUT2D eigenvalue weighted by Gasteiger charge is 2.46. The monoisotopic (exact) mass is 718 g/mol. The molecule has 4 nitrogen and oxygen atoms in total. The second-order valence-corrected chi connectivity index (χ2v) is 13.9. The fourth-order valence-electron chi connectivity index (χ4n) is 7.92. The third-order valence-corrected chi connectivity index (χ3v) is 10.5. The number of hydrogen-bond donors (Lipinski definition) is 2. The van der Waals surface area contributed by atoms with Crippen LogP contribution in [0.1, 0.15) is 38.9 Å². The lowest BCUT2D eigenvalue weighted by atomic mass is 9.67. The molecule has 266 valence electrons. The van der Waals surface area contributed by atoms with Crippen molar-refractivity contribution in [3.05, 3.63) is 251 Å². The van der Waals surface area contributed by atoms with Gasteiger partial charge in [-0.25, -0.2) is 9.98 Å². The van der Waals surface area contributed by atoms with Crippen molar-refractivity contribution in [3.63, 3.8) is 0 Å². The van der Waals surface area contributed by atoms with Crippen molar-refractivity contribution in [3.8, 4) is 22.3 Å². The molecular formula is C52H38N4. The maximum Gasteiger partial charge on any atom is 0.161 e. The number of aliphatic imine (C=N–C) groups is 2. The number of amidine groups is 2. The van der Waals surface area contributed by atoms with Gasteiger partial charge in [-0.05, 0) is 80.9 Å². The van der Waals surface area contributed by atoms with E-state index in [-0.39, 0.29) is 5.84 Å². The van der Waals surface area contributed by atoms with Crippen LogP contribution in [0.15, 0.2) is 222 Å². The first kappa shape index (κ1) is 34.3. The third-order valence-electron chi connectivity index (χ3n) is 10.5. The van der Waals surface area contributed by atoms with Crippen LogP contribution in [0.4, 0.5) is 11.4 Å². The molecule has 8 aromatic carbocycles. The molecule has 56 heavy (non-hydrogen) atoms. The van der Waals surface area contributed by atoms with Crippen molar-refractivity contribution >= 4 is 29.3 Å². The summed E-state index contributed by atoms with van der Waals surface area (Å²) >= 11 is 0. The van der Waals surface area contributed by atoms with E-state index in [2.05, 4.69) is 133 Å². The number of fused-ring (bicyclic) bond motifs is 3. The van der Waals surface area contributed by atoms with E-state index in [9.17, 15) is 0 Å². The third kappa shape index (κ3) is 6.44. The van der Waals surface area contributed by atoms with Gasteiger partial charge in [-0.3, -0.25) is 5.41 Å². The van der Waals surface area contributed by atoms with Gasteiger partial charge in [0.15, 0.2) is 11.7 Å². The Morgan fingerprint density at radius 1 is 0.482 bits per heavy atom. The van der Waals surface area contributed by atoms with Gasteiger partial charge in [-0.1, -0.05) is 176 Å². The molecular weight excluding hydrogens is 681 g/mol. The van der Waals surface area contributed by atoms with Crippen LogP contribution in [0, 0.1) is 5.41 Å². The minimum absolute atomic E-state index is 0.137. The molecule has 0 aliphatic heterocycles. The number of nitrogens with zero attached hydrogens (tertiary/aromatic N) is 2. The summed E-state index contributed by atoms with van der Waals surface area (Å²) in [6.07, 6.45) is 1.79. The lowest BCUT2D eigenvalue weighted by Crippen LogP contribution is -2.28. The normalized spacial score (nSPS) is 12.9. The minimum atomic E-state index is -0.497. The molecule has 0 atom stereocenters. The molecule has 0 saturated carbocycles. The van der Waals surface area contributed by atoms with Crippen molar-refractivity contribution in [2.24, 2.45) is 9.98 Å². The zero-order valence-corrected chi connectivity index (χ0v) is 30.7. The second-order valence-electron chi connectivity index (χ2n) is 13.9. The Bertz CT molecular complexity index is 2650. The molecule has 0 fully saturated rings. The lowest BCUT2D eigenvalue weighted by molar-refractivity contribution is 0.769. The summed E-state index contributed by atoms with van der Waals surface area (Å²) in [4.78, 5) is 9.41. The van der Waals surface area contributed by atoms with E-state index < -0.39 is 5.41 Å². The maximum absolute atomic E-state index is 8.98. The molecule has 9 rings (SSSR count). The molecule has 0 bridgehead atoms. The summed E-state index contributed by atoms with van der Waals surface area (Å²) in [7, 11) is 0. The molecule has 8 aromatic rings. The topological polar surface area (TPSA) is 60.6 Å². The summed E-state index contributed by atoms with van der Waals surface area (Å²) in [6, 6.07) is 73.6. The van der Waals surface area contributed by atoms with Crippen molar-refractivity contribution in [1.29, 1.82) is 5.41 Å². The summed E-state index contributed by atoms with van der Waals surface area (Å²) in [5.74, 6) is 0.618. The number of hydrogen-bond acceptors (Lipinski definition) is 2. The van der Waals surface area contributed by atoms with Crippen LogP contribution in [-0.4, -0.2) is 17.9 Å². The van der Waals surface area contributed by atoms with Crippen LogP contribution >= 0.6 is 0 Å². The fourth-order valence-corrected chi connectivity index (χ4v) is 7.92. The lowest BCUT2D eigenvalue weighted by Gasteiger charge is -2.34. The van der Waals surface area contributed by atoms with Crippen LogP contribution in [0.25, 0.3) is 22.3 Å². The van der Waals surface area contributed by atoms with Crippen molar-refractivity contribution in [2.75, 3.05) is 5.32 Å². The molecule has 0 aromatic heterocycles. The van der Waals surface area contributed by atoms with Crippen molar-refractivity contribution < 1.29 is 0 Å². The van der Waals surface area contributed by atoms with Crippen LogP contribution in [0.3, 0.4) is 0 Å². The van der Waals surface area contributed by atoms with Gasteiger partial charge in [0.1, 0.15) is 0 Å². The molecule has 2 N–H and O–H groups in total. The molecule has 0 unspecified atom stereocenters. The number of rotatable bonds is 8. The largest absolute Gasteiger partial charge is 0.355 e. The SMILES string of the molecule is N=C(N=C(N=Cc1ccccc1)c1ccccc1)c1ccc(Nc2cc3c(cc2-c2ccccc2)C(c2ccccc2)(c2ccccc2)c2ccccc2-3)cc1. The van der Waals surface area contributed by atoms with Gasteiger partial charge in [0.2, 0.25) is 0 Å². The van der Waals surface area contributed by atoms with E-state index in [1.165, 1.54) is 33.4 Å². The minimum Gasteiger partial charge on any atom is -0.355 e. The predicted octanol–water partition coefficient (Wildman–Crippen LogP) is 12.4. The van der Waals surface area contributed by atoms with E-state index in [0.29, 0.717) is 11.4 Å². The molecule has 0 heterocycles. The van der Waals surface area contributed by atoms with E-state index >= 15 is 0 Å². The summed E-state index contributed by atoms with van der Waals surface area (Å²) in [5.41, 5.74) is 13.6. The van der Waals surface area contributed by atoms with Crippen LogP contribution in [-0.2, 0) is 5.41 Å². The zero-order chi connectivity index (χ0) is 37.7. The molecule has 4 heteroatoms. The van der Waals surface area contributed by atoms with Crippen LogP contribution in [0.5, 0.6) is 0 Å². The van der Waals surface area contributed by atoms with Gasteiger partial charge in [-0.2, -0.15) is 0 Å². The van der Waals surface area contributed by atoms with Gasteiger partial charge >= 0.3 is 0 Å². The Hall–Kier alpha value is -7.43. The van der Waals surface area contributed by atoms with Gasteiger partial charge in [-0.15, -0.1) is 0 Å². The molecule has 1 aliphatic carbocycles. The molecule has 0 amide bonds. The van der Waals surface area contributed by atoms with Gasteiger partial charge in [0.25, 0.3) is 0 Å². The highest BCUT2D eigenvalue weighted by atomic mass is 14.9. The number of nitrogens with one attached hydrogen (secondary N) is 2. The summed E-state index contributed by atoms with van der Waals surface area (Å²) in [6.45, 7) is 0. The standard InChI is InChI=1S/C52H38N4/c53-50(56-51(40-22-10-3-11-23-40)54-36-37-18-6-1-7-19-37)39-30-32-43(33-31-39)55-49-35-46-44-28-16-17-29-47(44)52(41-24-12-4-13-25-41,42-26-14-5-15-27-42)48(46)34-45(49)38-20-8-2-9-21-38/h1-36,53,55H. The van der Waals surface area contributed by atoms with Gasteiger partial charge < -0.3 is 5.32 Å². The molecule has 0 saturated heterocycles. The molecule has 0 spiro atoms. The number of anilines is 2. The van der Waals surface area contributed by atoms with Crippen molar-refractivity contribution in [1.82, 2.24) is 0 Å². The highest BCUT2D eigenvalue weighted by Crippen LogP contribution is 2.57. The summed E-state index contributed by atoms with van der Waals surface area (Å²) < 4.78 is 0. The quantitative estimate of drug-likeness (QED) is 0.119. The molecule has 0 radical (unpaired) electrons. The smallest absolute Gasteiger partial charge is 0.161 e. The second kappa shape index (κ2) is 15.1. The first-order valence-corrected chi connectivity index (χ1v) is 18.8. The first-order chi connectivity index (χ1) is 27.7.